The number of carbonyl (C=O) groups excluding carboxylic acids is 2. The normalized spacial score (nSPS) is 10.7. The molecule has 0 atom stereocenters. The Kier molecular flexibility index (Phi) is 8.29. The molecule has 0 spiro atoms. The first kappa shape index (κ1) is 24.1. The van der Waals surface area contributed by atoms with Gasteiger partial charge in [-0.05, 0) is 54.4 Å². The van der Waals surface area contributed by atoms with Crippen molar-refractivity contribution < 1.29 is 19.1 Å². The molecule has 170 valence electrons. The molecule has 0 aliphatic rings. The zero-order valence-electron chi connectivity index (χ0n) is 17.9. The van der Waals surface area contributed by atoms with Crippen molar-refractivity contribution in [3.05, 3.63) is 87.4 Å². The molecule has 3 aromatic rings. The fraction of sp³-hybridized carbons (Fsp3) is 0.125. The Labute approximate surface area is 201 Å². The van der Waals surface area contributed by atoms with E-state index in [4.69, 9.17) is 32.7 Å². The molecule has 0 aliphatic heterocycles. The van der Waals surface area contributed by atoms with E-state index in [9.17, 15) is 9.59 Å². The minimum absolute atomic E-state index is 0.271. The van der Waals surface area contributed by atoms with Crippen molar-refractivity contribution in [1.29, 1.82) is 0 Å². The average molecular weight is 486 g/mol. The molecule has 0 aliphatic carbocycles. The Morgan fingerprint density at radius 2 is 1.70 bits per heavy atom. The van der Waals surface area contributed by atoms with Gasteiger partial charge in [-0.25, -0.2) is 5.43 Å². The number of halogens is 2. The quantitative estimate of drug-likeness (QED) is 0.280. The molecule has 0 saturated carbocycles. The molecule has 0 saturated heterocycles. The van der Waals surface area contributed by atoms with Gasteiger partial charge in [0.2, 0.25) is 0 Å². The molecule has 2 N–H and O–H groups in total. The molecule has 3 rings (SSSR count). The molecule has 0 radical (unpaired) electrons. The lowest BCUT2D eigenvalue weighted by Crippen LogP contribution is -2.32. The van der Waals surface area contributed by atoms with Gasteiger partial charge in [0, 0.05) is 10.7 Å². The SMILES string of the molecule is COc1cc(/C=N\NC(=O)C(=O)Nc2ccc(C)cc2)cc(Cl)c1OCc1ccc(Cl)cc1. The Hall–Kier alpha value is -3.55. The predicted octanol–water partition coefficient (Wildman–Crippen LogP) is 4.98. The number of anilines is 1. The zero-order valence-corrected chi connectivity index (χ0v) is 19.4. The maximum Gasteiger partial charge on any atom is 0.329 e. The molecule has 0 unspecified atom stereocenters. The highest BCUT2D eigenvalue weighted by Gasteiger charge is 2.14. The molecule has 0 fully saturated rings. The Bertz CT molecular complexity index is 1160. The highest BCUT2D eigenvalue weighted by molar-refractivity contribution is 6.39. The standard InChI is InChI=1S/C24H21Cl2N3O4/c1-15-3-9-19(10-4-15)28-23(30)24(31)29-27-13-17-11-20(26)22(21(12-17)32-2)33-14-16-5-7-18(25)8-6-16/h3-13H,14H2,1-2H3,(H,28,30)(H,29,31)/b27-13-. The van der Waals surface area contributed by atoms with Gasteiger partial charge >= 0.3 is 11.8 Å². The van der Waals surface area contributed by atoms with Gasteiger partial charge in [0.15, 0.2) is 11.5 Å². The van der Waals surface area contributed by atoms with E-state index in [1.807, 2.05) is 31.2 Å². The summed E-state index contributed by atoms with van der Waals surface area (Å²) in [6, 6.07) is 17.5. The molecule has 9 heteroatoms. The molecular formula is C24H21Cl2N3O4. The maximum atomic E-state index is 12.0. The van der Waals surface area contributed by atoms with Crippen LogP contribution in [0.3, 0.4) is 0 Å². The van der Waals surface area contributed by atoms with Crippen LogP contribution in [0.2, 0.25) is 10.0 Å². The molecule has 0 bridgehead atoms. The summed E-state index contributed by atoms with van der Waals surface area (Å²) in [5.74, 6) is -0.987. The average Bonchev–Trinajstić information content (AvgIpc) is 2.80. The van der Waals surface area contributed by atoms with E-state index < -0.39 is 11.8 Å². The zero-order chi connectivity index (χ0) is 23.8. The topological polar surface area (TPSA) is 89.0 Å². The number of hydrogen-bond donors (Lipinski definition) is 2. The molecule has 2 amide bonds. The van der Waals surface area contributed by atoms with Crippen LogP contribution < -0.4 is 20.2 Å². The van der Waals surface area contributed by atoms with Crippen molar-refractivity contribution in [1.82, 2.24) is 5.43 Å². The lowest BCUT2D eigenvalue weighted by atomic mass is 10.2. The van der Waals surface area contributed by atoms with Crippen LogP contribution in [0, 0.1) is 6.92 Å². The summed E-state index contributed by atoms with van der Waals surface area (Å²) < 4.78 is 11.2. The van der Waals surface area contributed by atoms with Crippen molar-refractivity contribution in [3.8, 4) is 11.5 Å². The Morgan fingerprint density at radius 3 is 2.36 bits per heavy atom. The van der Waals surface area contributed by atoms with Gasteiger partial charge < -0.3 is 14.8 Å². The second kappa shape index (κ2) is 11.4. The number of aryl methyl sites for hydroxylation is 1. The first-order valence-corrected chi connectivity index (χ1v) is 10.6. The van der Waals surface area contributed by atoms with Crippen molar-refractivity contribution in [2.45, 2.75) is 13.5 Å². The summed E-state index contributed by atoms with van der Waals surface area (Å²) in [7, 11) is 1.49. The fourth-order valence-corrected chi connectivity index (χ4v) is 3.13. The Morgan fingerprint density at radius 1 is 1.00 bits per heavy atom. The van der Waals surface area contributed by atoms with Crippen molar-refractivity contribution in [2.24, 2.45) is 5.10 Å². The monoisotopic (exact) mass is 485 g/mol. The predicted molar refractivity (Wildman–Crippen MR) is 129 cm³/mol. The number of ether oxygens (including phenoxy) is 2. The van der Waals surface area contributed by atoms with Gasteiger partial charge in [0.05, 0.1) is 18.3 Å². The summed E-state index contributed by atoms with van der Waals surface area (Å²) in [6.45, 7) is 2.19. The van der Waals surface area contributed by atoms with E-state index in [2.05, 4.69) is 15.8 Å². The summed E-state index contributed by atoms with van der Waals surface area (Å²) in [4.78, 5) is 24.0. The van der Waals surface area contributed by atoms with Gasteiger partial charge in [-0.3, -0.25) is 9.59 Å². The minimum Gasteiger partial charge on any atom is -0.493 e. The second-order valence-electron chi connectivity index (χ2n) is 6.97. The van der Waals surface area contributed by atoms with E-state index in [1.54, 1.807) is 36.4 Å². The number of nitrogens with one attached hydrogen (secondary N) is 2. The van der Waals surface area contributed by atoms with Gasteiger partial charge in [0.25, 0.3) is 0 Å². The van der Waals surface area contributed by atoms with Crippen LogP contribution in [0.4, 0.5) is 5.69 Å². The summed E-state index contributed by atoms with van der Waals surface area (Å²) in [6.07, 6.45) is 1.34. The van der Waals surface area contributed by atoms with E-state index >= 15 is 0 Å². The third-order valence-corrected chi connectivity index (χ3v) is 4.98. The summed E-state index contributed by atoms with van der Waals surface area (Å²) in [5, 5.41) is 7.24. The van der Waals surface area contributed by atoms with Crippen LogP contribution in [0.15, 0.2) is 65.8 Å². The number of methoxy groups -OCH3 is 1. The maximum absolute atomic E-state index is 12.0. The van der Waals surface area contributed by atoms with Gasteiger partial charge in [-0.15, -0.1) is 0 Å². The highest BCUT2D eigenvalue weighted by Crippen LogP contribution is 2.36. The van der Waals surface area contributed by atoms with E-state index in [-0.39, 0.29) is 6.61 Å². The molecule has 3 aromatic carbocycles. The first-order valence-electron chi connectivity index (χ1n) is 9.81. The van der Waals surface area contributed by atoms with Crippen LogP contribution in [0.5, 0.6) is 11.5 Å². The van der Waals surface area contributed by atoms with Crippen LogP contribution in [-0.2, 0) is 16.2 Å². The number of carbonyl (C=O) groups is 2. The number of hydrazone groups is 1. The van der Waals surface area contributed by atoms with Crippen LogP contribution in [-0.4, -0.2) is 25.1 Å². The smallest absolute Gasteiger partial charge is 0.329 e. The second-order valence-corrected chi connectivity index (χ2v) is 7.81. The molecule has 7 nitrogen and oxygen atoms in total. The molecular weight excluding hydrogens is 465 g/mol. The van der Waals surface area contributed by atoms with Crippen molar-refractivity contribution in [3.63, 3.8) is 0 Å². The minimum atomic E-state index is -0.909. The summed E-state index contributed by atoms with van der Waals surface area (Å²) >= 11 is 12.3. The lowest BCUT2D eigenvalue weighted by Gasteiger charge is -2.13. The summed E-state index contributed by atoms with van der Waals surface area (Å²) in [5.41, 5.74) is 5.18. The lowest BCUT2D eigenvalue weighted by molar-refractivity contribution is -0.136. The number of benzene rings is 3. The van der Waals surface area contributed by atoms with Gasteiger partial charge in [0.1, 0.15) is 6.61 Å². The molecule has 0 aromatic heterocycles. The van der Waals surface area contributed by atoms with Crippen LogP contribution in [0.25, 0.3) is 0 Å². The number of nitrogens with zero attached hydrogens (tertiary/aromatic N) is 1. The third kappa shape index (κ3) is 6.97. The number of hydrogen-bond acceptors (Lipinski definition) is 5. The van der Waals surface area contributed by atoms with Crippen LogP contribution >= 0.6 is 23.2 Å². The fourth-order valence-electron chi connectivity index (χ4n) is 2.73. The largest absolute Gasteiger partial charge is 0.493 e. The van der Waals surface area contributed by atoms with Gasteiger partial charge in [-0.1, -0.05) is 53.0 Å². The Balaban J connectivity index is 1.61. The van der Waals surface area contributed by atoms with Crippen LogP contribution in [0.1, 0.15) is 16.7 Å². The number of amides is 2. The van der Waals surface area contributed by atoms with Gasteiger partial charge in [-0.2, -0.15) is 5.10 Å². The molecule has 0 heterocycles. The van der Waals surface area contributed by atoms with E-state index in [0.29, 0.717) is 32.8 Å². The molecule has 33 heavy (non-hydrogen) atoms. The van der Waals surface area contributed by atoms with Crippen molar-refractivity contribution >= 4 is 46.9 Å². The first-order chi connectivity index (χ1) is 15.9. The van der Waals surface area contributed by atoms with E-state index in [1.165, 1.54) is 13.3 Å². The third-order valence-electron chi connectivity index (χ3n) is 4.44. The van der Waals surface area contributed by atoms with E-state index in [0.717, 1.165) is 11.1 Å². The van der Waals surface area contributed by atoms with Crippen molar-refractivity contribution in [2.75, 3.05) is 12.4 Å². The number of rotatable bonds is 7. The highest BCUT2D eigenvalue weighted by atomic mass is 35.5.